The molecule has 0 aliphatic carbocycles. The second-order valence-corrected chi connectivity index (χ2v) is 6.61. The van der Waals surface area contributed by atoms with E-state index < -0.39 is 0 Å². The average Bonchev–Trinajstić information content (AvgIpc) is 2.97. The van der Waals surface area contributed by atoms with Crippen LogP contribution in [-0.2, 0) is 11.2 Å². The summed E-state index contributed by atoms with van der Waals surface area (Å²) in [4.78, 5) is 2.37. The van der Waals surface area contributed by atoms with Gasteiger partial charge in [0.25, 0.3) is 5.22 Å². The first-order valence-corrected chi connectivity index (χ1v) is 8.72. The Balaban J connectivity index is 1.47. The minimum atomic E-state index is -0.249. The Morgan fingerprint density at radius 2 is 2.22 bits per heavy atom. The molecule has 1 saturated heterocycles. The first-order chi connectivity index (χ1) is 11.2. The fraction of sp³-hybridized carbons (Fsp3) is 0.500. The van der Waals surface area contributed by atoms with Crippen molar-refractivity contribution in [2.24, 2.45) is 0 Å². The van der Waals surface area contributed by atoms with Gasteiger partial charge in [-0.2, -0.15) is 0 Å². The van der Waals surface area contributed by atoms with Gasteiger partial charge in [-0.05, 0) is 18.6 Å². The molecule has 1 atom stereocenters. The highest BCUT2D eigenvalue weighted by atomic mass is 32.2. The van der Waals surface area contributed by atoms with E-state index in [-0.39, 0.29) is 5.82 Å². The molecule has 5 nitrogen and oxygen atoms in total. The molecule has 0 radical (unpaired) electrons. The van der Waals surface area contributed by atoms with E-state index in [4.69, 9.17) is 9.15 Å². The largest absolute Gasteiger partial charge is 0.416 e. The number of halogens is 1. The van der Waals surface area contributed by atoms with Crippen LogP contribution >= 0.6 is 11.8 Å². The number of morpholine rings is 1. The molecule has 0 spiro atoms. The van der Waals surface area contributed by atoms with Gasteiger partial charge < -0.3 is 9.15 Å². The van der Waals surface area contributed by atoms with Crippen molar-refractivity contribution < 1.29 is 13.5 Å². The van der Waals surface area contributed by atoms with Crippen LogP contribution in [0.15, 0.2) is 33.9 Å². The van der Waals surface area contributed by atoms with Gasteiger partial charge in [-0.25, -0.2) is 4.39 Å². The van der Waals surface area contributed by atoms with Crippen LogP contribution in [0.5, 0.6) is 0 Å². The first-order valence-electron chi connectivity index (χ1n) is 7.73. The van der Waals surface area contributed by atoms with Crippen molar-refractivity contribution in [2.75, 3.05) is 32.0 Å². The number of thioether (sulfide) groups is 1. The van der Waals surface area contributed by atoms with E-state index in [1.807, 2.05) is 0 Å². The number of ether oxygens (including phenoxy) is 1. The Labute approximate surface area is 139 Å². The zero-order valence-corrected chi connectivity index (χ0v) is 13.9. The van der Waals surface area contributed by atoms with Gasteiger partial charge in [0.2, 0.25) is 5.89 Å². The molecule has 1 fully saturated rings. The van der Waals surface area contributed by atoms with Crippen LogP contribution in [0.25, 0.3) is 0 Å². The van der Waals surface area contributed by atoms with Crippen molar-refractivity contribution >= 4 is 11.8 Å². The molecule has 124 valence electrons. The summed E-state index contributed by atoms with van der Waals surface area (Å²) in [5, 5.41) is 8.55. The van der Waals surface area contributed by atoms with E-state index in [1.165, 1.54) is 17.8 Å². The maximum absolute atomic E-state index is 13.6. The molecule has 0 saturated carbocycles. The summed E-state index contributed by atoms with van der Waals surface area (Å²) in [6, 6.07) is 6.63. The molecule has 2 aromatic rings. The predicted octanol–water partition coefficient (Wildman–Crippen LogP) is 2.61. The highest BCUT2D eigenvalue weighted by molar-refractivity contribution is 7.99. The van der Waals surface area contributed by atoms with Gasteiger partial charge in [0.05, 0.1) is 19.1 Å². The van der Waals surface area contributed by atoms with Crippen LogP contribution in [0, 0.1) is 5.82 Å². The number of hydrogen-bond donors (Lipinski definition) is 0. The highest BCUT2D eigenvalue weighted by Gasteiger charge is 2.16. The third-order valence-corrected chi connectivity index (χ3v) is 4.50. The maximum Gasteiger partial charge on any atom is 0.276 e. The molecule has 23 heavy (non-hydrogen) atoms. The topological polar surface area (TPSA) is 51.4 Å². The Bertz CT molecular complexity index is 637. The lowest BCUT2D eigenvalue weighted by molar-refractivity contribution is -0.0158. The molecule has 0 unspecified atom stereocenters. The zero-order chi connectivity index (χ0) is 16.1. The number of aromatic nitrogens is 2. The van der Waals surface area contributed by atoms with Crippen molar-refractivity contribution in [1.29, 1.82) is 0 Å². The van der Waals surface area contributed by atoms with Gasteiger partial charge in [0.1, 0.15) is 5.82 Å². The number of nitrogens with zero attached hydrogens (tertiary/aromatic N) is 3. The lowest BCUT2D eigenvalue weighted by Crippen LogP contribution is -2.42. The standard InChI is InChI=1S/C16H20FN3O2S/c1-12-11-20(6-8-21-12)7-9-23-16-19-18-15(22-16)10-13-4-2-3-5-14(13)17/h2-5,12H,6-11H2,1H3/t12-/m1/s1. The molecule has 2 heterocycles. The molecule has 1 aliphatic heterocycles. The van der Waals surface area contributed by atoms with Gasteiger partial charge in [-0.3, -0.25) is 4.90 Å². The second-order valence-electron chi connectivity index (χ2n) is 5.56. The molecule has 0 amide bonds. The van der Waals surface area contributed by atoms with E-state index in [9.17, 15) is 4.39 Å². The summed E-state index contributed by atoms with van der Waals surface area (Å²) >= 11 is 1.53. The highest BCUT2D eigenvalue weighted by Crippen LogP contribution is 2.19. The normalized spacial score (nSPS) is 19.1. The summed E-state index contributed by atoms with van der Waals surface area (Å²) in [7, 11) is 0. The van der Waals surface area contributed by atoms with Crippen LogP contribution in [-0.4, -0.2) is 53.2 Å². The van der Waals surface area contributed by atoms with Crippen LogP contribution in [0.1, 0.15) is 18.4 Å². The number of rotatable bonds is 6. The van der Waals surface area contributed by atoms with Gasteiger partial charge in [0.15, 0.2) is 0 Å². The summed E-state index contributed by atoms with van der Waals surface area (Å²) in [5.41, 5.74) is 0.565. The Kier molecular flexibility index (Phi) is 5.64. The van der Waals surface area contributed by atoms with Gasteiger partial charge in [-0.15, -0.1) is 10.2 Å². The zero-order valence-electron chi connectivity index (χ0n) is 13.1. The fourth-order valence-electron chi connectivity index (χ4n) is 2.53. The third kappa shape index (κ3) is 4.76. The predicted molar refractivity (Wildman–Crippen MR) is 86.1 cm³/mol. The van der Waals surface area contributed by atoms with Crippen LogP contribution < -0.4 is 0 Å². The van der Waals surface area contributed by atoms with Crippen LogP contribution in [0.4, 0.5) is 4.39 Å². The van der Waals surface area contributed by atoms with Gasteiger partial charge in [-0.1, -0.05) is 30.0 Å². The molecule has 1 aromatic heterocycles. The van der Waals surface area contributed by atoms with Crippen LogP contribution in [0.3, 0.4) is 0 Å². The summed E-state index contributed by atoms with van der Waals surface area (Å²) in [6.07, 6.45) is 0.617. The average molecular weight is 337 g/mol. The molecular weight excluding hydrogens is 317 g/mol. The fourth-order valence-corrected chi connectivity index (χ4v) is 3.31. The van der Waals surface area contributed by atoms with Gasteiger partial charge >= 0.3 is 0 Å². The Morgan fingerprint density at radius 1 is 1.35 bits per heavy atom. The number of hydrogen-bond acceptors (Lipinski definition) is 6. The first kappa shape index (κ1) is 16.4. The second kappa shape index (κ2) is 7.90. The molecule has 7 heteroatoms. The van der Waals surface area contributed by atoms with Crippen molar-refractivity contribution in [3.8, 4) is 0 Å². The molecule has 3 rings (SSSR count). The quantitative estimate of drug-likeness (QED) is 0.755. The smallest absolute Gasteiger partial charge is 0.276 e. The SMILES string of the molecule is C[C@@H]1CN(CCSc2nnc(Cc3ccccc3F)o2)CCO1. The minimum absolute atomic E-state index is 0.249. The molecular formula is C16H20FN3O2S. The van der Waals surface area contributed by atoms with Crippen molar-refractivity contribution in [3.63, 3.8) is 0 Å². The Hall–Kier alpha value is -1.44. The molecule has 1 aromatic carbocycles. The van der Waals surface area contributed by atoms with Crippen LogP contribution in [0.2, 0.25) is 0 Å². The van der Waals surface area contributed by atoms with E-state index >= 15 is 0 Å². The van der Waals surface area contributed by atoms with Gasteiger partial charge in [0, 0.05) is 25.4 Å². The summed E-state index contributed by atoms with van der Waals surface area (Å²) < 4.78 is 24.7. The molecule has 0 N–H and O–H groups in total. The minimum Gasteiger partial charge on any atom is -0.416 e. The van der Waals surface area contributed by atoms with E-state index in [0.29, 0.717) is 29.2 Å². The molecule has 1 aliphatic rings. The molecule has 0 bridgehead atoms. The Morgan fingerprint density at radius 3 is 3.04 bits per heavy atom. The van der Waals surface area contributed by atoms with Crippen molar-refractivity contribution in [3.05, 3.63) is 41.5 Å². The van der Waals surface area contributed by atoms with Crippen molar-refractivity contribution in [1.82, 2.24) is 15.1 Å². The number of benzene rings is 1. The van der Waals surface area contributed by atoms with E-state index in [1.54, 1.807) is 18.2 Å². The maximum atomic E-state index is 13.6. The lowest BCUT2D eigenvalue weighted by atomic mass is 10.1. The summed E-state index contributed by atoms with van der Waals surface area (Å²) in [5.74, 6) is 1.08. The summed E-state index contributed by atoms with van der Waals surface area (Å²) in [6.45, 7) is 5.77. The van der Waals surface area contributed by atoms with E-state index in [2.05, 4.69) is 22.0 Å². The lowest BCUT2D eigenvalue weighted by Gasteiger charge is -2.30. The van der Waals surface area contributed by atoms with Crippen molar-refractivity contribution in [2.45, 2.75) is 24.7 Å². The third-order valence-electron chi connectivity index (χ3n) is 3.71. The monoisotopic (exact) mass is 337 g/mol. The van der Waals surface area contributed by atoms with E-state index in [0.717, 1.165) is 32.0 Å².